The van der Waals surface area contributed by atoms with Gasteiger partial charge in [0.15, 0.2) is 5.82 Å². The maximum atomic E-state index is 13.0. The molecule has 2 heterocycles. The summed E-state index contributed by atoms with van der Waals surface area (Å²) in [4.78, 5) is 34.5. The van der Waals surface area contributed by atoms with Crippen molar-refractivity contribution in [1.82, 2.24) is 9.97 Å². The Morgan fingerprint density at radius 2 is 1.70 bits per heavy atom. The first-order chi connectivity index (χ1) is 14.6. The smallest absolute Gasteiger partial charge is 0.270 e. The topological polar surface area (TPSA) is 101 Å². The van der Waals surface area contributed by atoms with Gasteiger partial charge in [0.05, 0.1) is 34.3 Å². The highest BCUT2D eigenvalue weighted by Crippen LogP contribution is 2.29. The molecule has 0 atom stereocenters. The number of hydrogen-bond donors (Lipinski definition) is 1. The molecular weight excluding hydrogens is 382 g/mol. The second-order valence-corrected chi connectivity index (χ2v) is 7.12. The highest BCUT2D eigenvalue weighted by atomic mass is 16.6. The van der Waals surface area contributed by atoms with Crippen molar-refractivity contribution < 1.29 is 9.72 Å². The van der Waals surface area contributed by atoms with Gasteiger partial charge >= 0.3 is 0 Å². The van der Waals surface area contributed by atoms with Crippen LogP contribution in [0.1, 0.15) is 29.6 Å². The molecule has 1 aliphatic rings. The fourth-order valence-electron chi connectivity index (χ4n) is 3.56. The highest BCUT2D eigenvalue weighted by molar-refractivity contribution is 6.08. The molecule has 0 aliphatic carbocycles. The van der Waals surface area contributed by atoms with E-state index in [9.17, 15) is 14.9 Å². The maximum Gasteiger partial charge on any atom is 0.270 e. The minimum atomic E-state index is -0.492. The number of piperidine rings is 1. The summed E-state index contributed by atoms with van der Waals surface area (Å²) >= 11 is 0. The van der Waals surface area contributed by atoms with E-state index in [0.717, 1.165) is 37.9 Å². The van der Waals surface area contributed by atoms with Gasteiger partial charge in [-0.05, 0) is 25.3 Å². The lowest BCUT2D eigenvalue weighted by molar-refractivity contribution is -0.384. The van der Waals surface area contributed by atoms with Crippen molar-refractivity contribution in [3.8, 4) is 11.4 Å². The lowest BCUT2D eigenvalue weighted by Gasteiger charge is -2.30. The summed E-state index contributed by atoms with van der Waals surface area (Å²) in [6, 6.07) is 14.0. The van der Waals surface area contributed by atoms with Crippen LogP contribution < -0.4 is 10.2 Å². The minimum absolute atomic E-state index is 0.114. The zero-order chi connectivity index (χ0) is 20.9. The highest BCUT2D eigenvalue weighted by Gasteiger charge is 2.22. The molecule has 1 aliphatic heterocycles. The molecule has 1 amide bonds. The molecule has 1 N–H and O–H groups in total. The van der Waals surface area contributed by atoms with E-state index < -0.39 is 10.8 Å². The summed E-state index contributed by atoms with van der Waals surface area (Å²) < 4.78 is 0. The fourth-order valence-corrected chi connectivity index (χ4v) is 3.56. The standard InChI is InChI=1S/C22H21N5O3/c28-22(25-17-14-23-21(24-15-17)16-7-3-1-4-8-16)19-13-18(27(29)30)9-10-20(19)26-11-5-2-6-12-26/h1,3-4,7-10,13-15H,2,5-6,11-12H2,(H,25,28). The number of nitrogens with zero attached hydrogens (tertiary/aromatic N) is 4. The number of anilines is 2. The Balaban J connectivity index is 1.58. The Morgan fingerprint density at radius 3 is 2.37 bits per heavy atom. The molecule has 0 saturated carbocycles. The van der Waals surface area contributed by atoms with E-state index in [1.54, 1.807) is 6.07 Å². The number of non-ortho nitro benzene ring substituents is 1. The summed E-state index contributed by atoms with van der Waals surface area (Å²) in [5.41, 5.74) is 2.17. The summed E-state index contributed by atoms with van der Waals surface area (Å²) in [7, 11) is 0. The van der Waals surface area contributed by atoms with E-state index in [-0.39, 0.29) is 11.3 Å². The Bertz CT molecular complexity index is 1050. The summed E-state index contributed by atoms with van der Waals surface area (Å²) in [5.74, 6) is 0.133. The SMILES string of the molecule is O=C(Nc1cnc(-c2ccccc2)nc1)c1cc([N+](=O)[O-])ccc1N1CCCCC1. The predicted octanol–water partition coefficient (Wildman–Crippen LogP) is 4.29. The Kier molecular flexibility index (Phi) is 5.65. The van der Waals surface area contributed by atoms with Crippen LogP contribution in [0.25, 0.3) is 11.4 Å². The molecule has 0 radical (unpaired) electrons. The lowest BCUT2D eigenvalue weighted by atomic mass is 10.1. The zero-order valence-corrected chi connectivity index (χ0v) is 16.3. The van der Waals surface area contributed by atoms with E-state index in [4.69, 9.17) is 0 Å². The predicted molar refractivity (Wildman–Crippen MR) is 115 cm³/mol. The van der Waals surface area contributed by atoms with Crippen molar-refractivity contribution in [2.75, 3.05) is 23.3 Å². The minimum Gasteiger partial charge on any atom is -0.371 e. The number of rotatable bonds is 5. The number of carbonyl (C=O) groups is 1. The van der Waals surface area contributed by atoms with E-state index in [1.165, 1.54) is 24.5 Å². The second kappa shape index (κ2) is 8.69. The van der Waals surface area contributed by atoms with Crippen LogP contribution >= 0.6 is 0 Å². The Morgan fingerprint density at radius 1 is 1.00 bits per heavy atom. The molecule has 4 rings (SSSR count). The van der Waals surface area contributed by atoms with Gasteiger partial charge in [-0.3, -0.25) is 14.9 Å². The summed E-state index contributed by atoms with van der Waals surface area (Å²) in [6.07, 6.45) is 6.28. The molecule has 2 aromatic carbocycles. The van der Waals surface area contributed by atoms with E-state index in [0.29, 0.717) is 17.2 Å². The average molecular weight is 403 g/mol. The van der Waals surface area contributed by atoms with Gasteiger partial charge in [0.2, 0.25) is 0 Å². The van der Waals surface area contributed by atoms with Gasteiger partial charge in [-0.15, -0.1) is 0 Å². The first-order valence-electron chi connectivity index (χ1n) is 9.84. The molecule has 0 bridgehead atoms. The van der Waals surface area contributed by atoms with Gasteiger partial charge in [-0.1, -0.05) is 30.3 Å². The van der Waals surface area contributed by atoms with Gasteiger partial charge in [0.1, 0.15) is 0 Å². The second-order valence-electron chi connectivity index (χ2n) is 7.12. The number of carbonyl (C=O) groups excluding carboxylic acids is 1. The third kappa shape index (κ3) is 4.27. The molecule has 8 nitrogen and oxygen atoms in total. The molecule has 0 spiro atoms. The number of nitrogens with one attached hydrogen (secondary N) is 1. The summed E-state index contributed by atoms with van der Waals surface area (Å²) in [5, 5.41) is 14.0. The first kappa shape index (κ1) is 19.5. The summed E-state index contributed by atoms with van der Waals surface area (Å²) in [6.45, 7) is 1.65. The van der Waals surface area contributed by atoms with Gasteiger partial charge in [0.25, 0.3) is 11.6 Å². The molecular formula is C22H21N5O3. The Hall–Kier alpha value is -3.81. The van der Waals surface area contributed by atoms with Crippen LogP contribution in [-0.2, 0) is 0 Å². The van der Waals surface area contributed by atoms with Crippen molar-refractivity contribution >= 4 is 23.0 Å². The number of nitro groups is 1. The van der Waals surface area contributed by atoms with Crippen LogP contribution in [0.4, 0.5) is 17.1 Å². The van der Waals surface area contributed by atoms with Crippen molar-refractivity contribution in [3.05, 3.63) is 76.6 Å². The lowest BCUT2D eigenvalue weighted by Crippen LogP contribution is -2.31. The molecule has 3 aromatic rings. The van der Waals surface area contributed by atoms with Crippen LogP contribution in [-0.4, -0.2) is 33.9 Å². The third-order valence-corrected chi connectivity index (χ3v) is 5.07. The van der Waals surface area contributed by atoms with E-state index >= 15 is 0 Å². The van der Waals surface area contributed by atoms with Gasteiger partial charge in [-0.2, -0.15) is 0 Å². The maximum absolute atomic E-state index is 13.0. The molecule has 1 aromatic heterocycles. The monoisotopic (exact) mass is 403 g/mol. The number of hydrogen-bond acceptors (Lipinski definition) is 6. The van der Waals surface area contributed by atoms with Gasteiger partial charge in [-0.25, -0.2) is 9.97 Å². The first-order valence-corrected chi connectivity index (χ1v) is 9.84. The number of amides is 1. The van der Waals surface area contributed by atoms with Crippen molar-refractivity contribution in [3.63, 3.8) is 0 Å². The van der Waals surface area contributed by atoms with E-state index in [1.807, 2.05) is 30.3 Å². The van der Waals surface area contributed by atoms with Crippen molar-refractivity contribution in [1.29, 1.82) is 0 Å². The molecule has 30 heavy (non-hydrogen) atoms. The molecule has 1 fully saturated rings. The quantitative estimate of drug-likeness (QED) is 0.504. The van der Waals surface area contributed by atoms with Crippen LogP contribution in [0, 0.1) is 10.1 Å². The normalized spacial score (nSPS) is 13.7. The van der Waals surface area contributed by atoms with Crippen molar-refractivity contribution in [2.24, 2.45) is 0 Å². The Labute approximate surface area is 173 Å². The van der Waals surface area contributed by atoms with Crippen LogP contribution in [0.2, 0.25) is 0 Å². The molecule has 1 saturated heterocycles. The van der Waals surface area contributed by atoms with Gasteiger partial charge < -0.3 is 10.2 Å². The van der Waals surface area contributed by atoms with Crippen molar-refractivity contribution in [2.45, 2.75) is 19.3 Å². The fraction of sp³-hybridized carbons (Fsp3) is 0.227. The largest absolute Gasteiger partial charge is 0.371 e. The number of nitro benzene ring substituents is 1. The van der Waals surface area contributed by atoms with Crippen LogP contribution in [0.15, 0.2) is 60.9 Å². The van der Waals surface area contributed by atoms with E-state index in [2.05, 4.69) is 20.2 Å². The zero-order valence-electron chi connectivity index (χ0n) is 16.3. The molecule has 152 valence electrons. The van der Waals surface area contributed by atoms with Crippen LogP contribution in [0.3, 0.4) is 0 Å². The number of benzene rings is 2. The van der Waals surface area contributed by atoms with Gasteiger partial charge in [0, 0.05) is 30.8 Å². The van der Waals surface area contributed by atoms with Crippen LogP contribution in [0.5, 0.6) is 0 Å². The average Bonchev–Trinajstić information content (AvgIpc) is 2.80. The molecule has 0 unspecified atom stereocenters. The third-order valence-electron chi connectivity index (χ3n) is 5.07. The number of aromatic nitrogens is 2. The molecule has 8 heteroatoms.